The molecule has 2 aromatic rings. The summed E-state index contributed by atoms with van der Waals surface area (Å²) >= 11 is 9.23. The van der Waals surface area contributed by atoms with Crippen LogP contribution in [0.4, 0.5) is 5.69 Å². The fourth-order valence-corrected chi connectivity index (χ4v) is 2.99. The van der Waals surface area contributed by atoms with E-state index in [1.807, 2.05) is 32.0 Å². The predicted octanol–water partition coefficient (Wildman–Crippen LogP) is 4.02. The van der Waals surface area contributed by atoms with Crippen LogP contribution >= 0.6 is 27.5 Å². The molecule has 1 atom stereocenters. The first-order valence-electron chi connectivity index (χ1n) is 8.49. The van der Waals surface area contributed by atoms with Gasteiger partial charge in [-0.05, 0) is 50.1 Å². The number of benzene rings is 2. The second-order valence-corrected chi connectivity index (χ2v) is 7.53. The molecule has 2 amide bonds. The van der Waals surface area contributed by atoms with Crippen LogP contribution in [0.2, 0.25) is 5.02 Å². The maximum absolute atomic E-state index is 12.2. The monoisotopic (exact) mass is 466 g/mol. The lowest BCUT2D eigenvalue weighted by Crippen LogP contribution is -2.40. The Labute approximate surface area is 176 Å². The molecule has 0 radical (unpaired) electrons. The van der Waals surface area contributed by atoms with E-state index in [4.69, 9.17) is 16.3 Å². The average molecular weight is 468 g/mol. The van der Waals surface area contributed by atoms with Crippen molar-refractivity contribution in [3.8, 4) is 0 Å². The van der Waals surface area contributed by atoms with Crippen molar-refractivity contribution in [2.75, 3.05) is 11.9 Å². The molecular weight excluding hydrogens is 448 g/mol. The molecule has 0 aliphatic rings. The van der Waals surface area contributed by atoms with Gasteiger partial charge in [0, 0.05) is 10.2 Å². The van der Waals surface area contributed by atoms with E-state index in [0.29, 0.717) is 10.2 Å². The number of amides is 2. The zero-order valence-corrected chi connectivity index (χ0v) is 18.0. The van der Waals surface area contributed by atoms with Gasteiger partial charge >= 0.3 is 5.97 Å². The van der Waals surface area contributed by atoms with Gasteiger partial charge < -0.3 is 15.4 Å². The molecule has 0 aromatic heterocycles. The van der Waals surface area contributed by atoms with Crippen molar-refractivity contribution in [3.63, 3.8) is 0 Å². The van der Waals surface area contributed by atoms with E-state index < -0.39 is 18.0 Å². The Morgan fingerprint density at radius 3 is 2.43 bits per heavy atom. The van der Waals surface area contributed by atoms with Crippen molar-refractivity contribution in [1.29, 1.82) is 0 Å². The van der Waals surface area contributed by atoms with Gasteiger partial charge in [0.05, 0.1) is 17.1 Å². The smallest absolute Gasteiger partial charge is 0.340 e. The van der Waals surface area contributed by atoms with E-state index in [9.17, 15) is 14.4 Å². The highest BCUT2D eigenvalue weighted by atomic mass is 79.9. The molecule has 0 heterocycles. The maximum Gasteiger partial charge on any atom is 0.340 e. The van der Waals surface area contributed by atoms with Crippen molar-refractivity contribution in [1.82, 2.24) is 5.32 Å². The van der Waals surface area contributed by atoms with Crippen LogP contribution in [0.15, 0.2) is 40.9 Å². The molecule has 0 aliphatic carbocycles. The van der Waals surface area contributed by atoms with E-state index >= 15 is 0 Å². The quantitative estimate of drug-likeness (QED) is 0.629. The summed E-state index contributed by atoms with van der Waals surface area (Å²) in [4.78, 5) is 36.5. The van der Waals surface area contributed by atoms with Crippen LogP contribution in [0.25, 0.3) is 0 Å². The van der Waals surface area contributed by atoms with Gasteiger partial charge in [-0.1, -0.05) is 45.7 Å². The summed E-state index contributed by atoms with van der Waals surface area (Å²) < 4.78 is 5.79. The third-order valence-corrected chi connectivity index (χ3v) is 4.79. The number of aryl methyl sites for hydroxylation is 2. The number of ether oxygens (including phenoxy) is 1. The average Bonchev–Trinajstić information content (AvgIpc) is 2.64. The molecule has 148 valence electrons. The summed E-state index contributed by atoms with van der Waals surface area (Å²) in [5, 5.41) is 5.44. The Balaban J connectivity index is 1.89. The van der Waals surface area contributed by atoms with Crippen molar-refractivity contribution < 1.29 is 19.1 Å². The summed E-state index contributed by atoms with van der Waals surface area (Å²) in [5.41, 5.74) is 2.70. The maximum atomic E-state index is 12.2. The molecule has 8 heteroatoms. The SMILES string of the molecule is Cc1cccc(C)c1NC(=O)CNC(=O)C(C)OC(=O)c1cc(Br)ccc1Cl. The lowest BCUT2D eigenvalue weighted by Gasteiger charge is -2.15. The standard InChI is InChI=1S/C20H20BrClN2O4/c1-11-5-4-6-12(2)18(11)24-17(25)10-23-19(26)13(3)28-20(27)15-9-14(21)7-8-16(15)22/h4-9,13H,10H2,1-3H3,(H,23,26)(H,24,25). The normalized spacial score (nSPS) is 11.5. The van der Waals surface area contributed by atoms with E-state index in [1.54, 1.807) is 12.1 Å². The zero-order valence-electron chi connectivity index (χ0n) is 15.6. The van der Waals surface area contributed by atoms with Gasteiger partial charge in [-0.15, -0.1) is 0 Å². The Morgan fingerprint density at radius 1 is 1.14 bits per heavy atom. The van der Waals surface area contributed by atoms with Crippen molar-refractivity contribution in [3.05, 3.63) is 62.6 Å². The van der Waals surface area contributed by atoms with Crippen molar-refractivity contribution >= 4 is 51.0 Å². The van der Waals surface area contributed by atoms with E-state index in [1.165, 1.54) is 13.0 Å². The van der Waals surface area contributed by atoms with Crippen LogP contribution in [0, 0.1) is 13.8 Å². The number of hydrogen-bond donors (Lipinski definition) is 2. The fraction of sp³-hybridized carbons (Fsp3) is 0.250. The fourth-order valence-electron chi connectivity index (χ4n) is 2.44. The summed E-state index contributed by atoms with van der Waals surface area (Å²) in [6, 6.07) is 10.4. The van der Waals surface area contributed by atoms with Gasteiger partial charge in [0.1, 0.15) is 0 Å². The molecule has 0 aliphatic heterocycles. The van der Waals surface area contributed by atoms with Crippen LogP contribution < -0.4 is 10.6 Å². The number of rotatable bonds is 6. The third kappa shape index (κ3) is 5.81. The Kier molecular flexibility index (Phi) is 7.60. The molecule has 0 spiro atoms. The molecule has 0 saturated carbocycles. The second-order valence-electron chi connectivity index (χ2n) is 6.20. The van der Waals surface area contributed by atoms with Gasteiger partial charge in [-0.25, -0.2) is 4.79 Å². The molecule has 6 nitrogen and oxygen atoms in total. The predicted molar refractivity (Wildman–Crippen MR) is 112 cm³/mol. The second kappa shape index (κ2) is 9.71. The molecule has 28 heavy (non-hydrogen) atoms. The Hall–Kier alpha value is -2.38. The van der Waals surface area contributed by atoms with Crippen molar-refractivity contribution in [2.24, 2.45) is 0 Å². The Bertz CT molecular complexity index is 897. The van der Waals surface area contributed by atoms with Gasteiger partial charge in [0.2, 0.25) is 5.91 Å². The molecule has 0 bridgehead atoms. The highest BCUT2D eigenvalue weighted by molar-refractivity contribution is 9.10. The highest BCUT2D eigenvalue weighted by Crippen LogP contribution is 2.22. The van der Waals surface area contributed by atoms with E-state index in [-0.39, 0.29) is 23.0 Å². The van der Waals surface area contributed by atoms with E-state index in [2.05, 4.69) is 26.6 Å². The topological polar surface area (TPSA) is 84.5 Å². The minimum atomic E-state index is -1.09. The number of hydrogen-bond acceptors (Lipinski definition) is 4. The highest BCUT2D eigenvalue weighted by Gasteiger charge is 2.21. The van der Waals surface area contributed by atoms with Gasteiger partial charge in [0.25, 0.3) is 5.91 Å². The number of nitrogens with one attached hydrogen (secondary N) is 2. The first-order valence-corrected chi connectivity index (χ1v) is 9.66. The third-order valence-electron chi connectivity index (χ3n) is 3.97. The molecule has 1 unspecified atom stereocenters. The summed E-state index contributed by atoms with van der Waals surface area (Å²) in [6.45, 7) is 4.94. The number of carbonyl (C=O) groups is 3. The first kappa shape index (κ1) is 21.9. The largest absolute Gasteiger partial charge is 0.449 e. The van der Waals surface area contributed by atoms with Crippen LogP contribution in [0.5, 0.6) is 0 Å². The van der Waals surface area contributed by atoms with Crippen molar-refractivity contribution in [2.45, 2.75) is 26.9 Å². The number of para-hydroxylation sites is 1. The van der Waals surface area contributed by atoms with Crippen LogP contribution in [0.1, 0.15) is 28.4 Å². The van der Waals surface area contributed by atoms with Crippen LogP contribution in [0.3, 0.4) is 0 Å². The molecule has 2 N–H and O–H groups in total. The molecule has 0 saturated heterocycles. The lowest BCUT2D eigenvalue weighted by molar-refractivity contribution is -0.130. The molecule has 2 rings (SSSR count). The lowest BCUT2D eigenvalue weighted by atomic mass is 10.1. The number of esters is 1. The zero-order chi connectivity index (χ0) is 20.8. The number of carbonyl (C=O) groups excluding carboxylic acids is 3. The molecule has 0 fully saturated rings. The van der Waals surface area contributed by atoms with Crippen LogP contribution in [-0.4, -0.2) is 30.4 Å². The minimum absolute atomic E-state index is 0.142. The molecule has 2 aromatic carbocycles. The van der Waals surface area contributed by atoms with Gasteiger partial charge in [0.15, 0.2) is 6.10 Å². The summed E-state index contributed by atoms with van der Waals surface area (Å²) in [5.74, 6) is -1.69. The van der Waals surface area contributed by atoms with E-state index in [0.717, 1.165) is 11.1 Å². The number of halogens is 2. The first-order chi connectivity index (χ1) is 13.2. The van der Waals surface area contributed by atoms with Gasteiger partial charge in [-0.3, -0.25) is 9.59 Å². The summed E-state index contributed by atoms with van der Waals surface area (Å²) in [6.07, 6.45) is -1.09. The van der Waals surface area contributed by atoms with Crippen LogP contribution in [-0.2, 0) is 14.3 Å². The summed E-state index contributed by atoms with van der Waals surface area (Å²) in [7, 11) is 0. The molecular formula is C20H20BrClN2O4. The minimum Gasteiger partial charge on any atom is -0.449 e. The van der Waals surface area contributed by atoms with Gasteiger partial charge in [-0.2, -0.15) is 0 Å². The Morgan fingerprint density at radius 2 is 1.79 bits per heavy atom. The number of anilines is 1.